The third-order valence-electron chi connectivity index (χ3n) is 5.18. The molecule has 0 saturated heterocycles. The van der Waals surface area contributed by atoms with Crippen molar-refractivity contribution in [2.75, 3.05) is 24.4 Å². The van der Waals surface area contributed by atoms with Gasteiger partial charge in [-0.1, -0.05) is 36.4 Å². The lowest BCUT2D eigenvalue weighted by Crippen LogP contribution is -2.33. The van der Waals surface area contributed by atoms with E-state index >= 15 is 0 Å². The molecule has 0 aliphatic carbocycles. The van der Waals surface area contributed by atoms with Crippen LogP contribution in [0.5, 0.6) is 11.5 Å². The lowest BCUT2D eigenvalue weighted by atomic mass is 10.0. The van der Waals surface area contributed by atoms with Gasteiger partial charge in [-0.25, -0.2) is 4.90 Å². The van der Waals surface area contributed by atoms with E-state index in [0.717, 1.165) is 5.56 Å². The molecule has 0 saturated carbocycles. The lowest BCUT2D eigenvalue weighted by molar-refractivity contribution is -0.120. The first-order valence-corrected chi connectivity index (χ1v) is 9.78. The van der Waals surface area contributed by atoms with E-state index in [9.17, 15) is 9.59 Å². The van der Waals surface area contributed by atoms with Crippen molar-refractivity contribution in [3.63, 3.8) is 0 Å². The average Bonchev–Trinajstić information content (AvgIpc) is 3.04. The zero-order valence-corrected chi connectivity index (χ0v) is 17.5. The molecule has 3 aromatic rings. The van der Waals surface area contributed by atoms with Crippen LogP contribution in [0.4, 0.5) is 11.4 Å². The molecule has 6 nitrogen and oxygen atoms in total. The Balaban J connectivity index is 1.85. The number of nitrogens with one attached hydrogen (secondary N) is 1. The largest absolute Gasteiger partial charge is 0.497 e. The Kier molecular flexibility index (Phi) is 5.45. The molecule has 1 heterocycles. The van der Waals surface area contributed by atoms with E-state index < -0.39 is 11.8 Å². The number of imide groups is 1. The van der Waals surface area contributed by atoms with Crippen LogP contribution in [0.15, 0.2) is 78.5 Å². The maximum Gasteiger partial charge on any atom is 0.282 e. The van der Waals surface area contributed by atoms with Crippen molar-refractivity contribution in [2.45, 2.75) is 6.92 Å². The van der Waals surface area contributed by atoms with Crippen molar-refractivity contribution in [3.05, 3.63) is 89.6 Å². The number of benzene rings is 3. The molecule has 1 N–H and O–H groups in total. The Morgan fingerprint density at radius 2 is 1.45 bits per heavy atom. The topological polar surface area (TPSA) is 67.9 Å². The predicted octanol–water partition coefficient (Wildman–Crippen LogP) is 4.41. The molecule has 1 aliphatic heterocycles. The SMILES string of the molecule is COc1ccc(NC2=C(c3ccccc3OC)C(=O)N(c3ccccc3C)C2=O)cc1. The average molecular weight is 414 g/mol. The Morgan fingerprint density at radius 3 is 2.13 bits per heavy atom. The predicted molar refractivity (Wildman–Crippen MR) is 120 cm³/mol. The molecule has 0 spiro atoms. The molecule has 0 fully saturated rings. The number of anilines is 2. The Labute approximate surface area is 180 Å². The number of carbonyl (C=O) groups is 2. The zero-order chi connectivity index (χ0) is 22.0. The molecule has 3 aromatic carbocycles. The van der Waals surface area contributed by atoms with Crippen LogP contribution < -0.4 is 19.7 Å². The molecule has 0 unspecified atom stereocenters. The number of carbonyl (C=O) groups excluding carboxylic acids is 2. The number of nitrogens with zero attached hydrogens (tertiary/aromatic N) is 1. The van der Waals surface area contributed by atoms with Crippen LogP contribution in [0.1, 0.15) is 11.1 Å². The minimum Gasteiger partial charge on any atom is -0.497 e. The van der Waals surface area contributed by atoms with Crippen molar-refractivity contribution in [1.82, 2.24) is 0 Å². The van der Waals surface area contributed by atoms with E-state index in [2.05, 4.69) is 5.32 Å². The summed E-state index contributed by atoms with van der Waals surface area (Å²) in [6.45, 7) is 1.87. The summed E-state index contributed by atoms with van der Waals surface area (Å²) in [5.41, 5.74) is 3.06. The number of methoxy groups -OCH3 is 2. The molecule has 31 heavy (non-hydrogen) atoms. The van der Waals surface area contributed by atoms with Crippen LogP contribution in [-0.2, 0) is 9.59 Å². The first-order chi connectivity index (χ1) is 15.0. The maximum absolute atomic E-state index is 13.6. The first kappa shape index (κ1) is 20.2. The highest BCUT2D eigenvalue weighted by Crippen LogP contribution is 2.38. The lowest BCUT2D eigenvalue weighted by Gasteiger charge is -2.18. The minimum absolute atomic E-state index is 0.197. The van der Waals surface area contributed by atoms with E-state index in [4.69, 9.17) is 9.47 Å². The summed E-state index contributed by atoms with van der Waals surface area (Å²) in [6, 6.07) is 21.6. The summed E-state index contributed by atoms with van der Waals surface area (Å²) >= 11 is 0. The maximum atomic E-state index is 13.6. The van der Waals surface area contributed by atoms with Gasteiger partial charge in [-0.3, -0.25) is 9.59 Å². The smallest absolute Gasteiger partial charge is 0.282 e. The van der Waals surface area contributed by atoms with Crippen LogP contribution in [0.2, 0.25) is 0 Å². The van der Waals surface area contributed by atoms with Crippen molar-refractivity contribution in [1.29, 1.82) is 0 Å². The standard InChI is InChI=1S/C25H22N2O4/c1-16-8-4-6-10-20(16)27-24(28)22(19-9-5-7-11-21(19)31-3)23(25(27)29)26-17-12-14-18(30-2)15-13-17/h4-15,26H,1-3H3. The van der Waals surface area contributed by atoms with E-state index in [1.807, 2.05) is 31.2 Å². The minimum atomic E-state index is -0.420. The summed E-state index contributed by atoms with van der Waals surface area (Å²) in [4.78, 5) is 28.3. The summed E-state index contributed by atoms with van der Waals surface area (Å²) in [5, 5.41) is 3.15. The third kappa shape index (κ3) is 3.64. The van der Waals surface area contributed by atoms with Crippen molar-refractivity contribution >= 4 is 28.8 Å². The quantitative estimate of drug-likeness (QED) is 0.605. The Bertz CT molecular complexity index is 1180. The van der Waals surface area contributed by atoms with E-state index in [0.29, 0.717) is 28.4 Å². The van der Waals surface area contributed by atoms with Gasteiger partial charge in [0.25, 0.3) is 11.8 Å². The van der Waals surface area contributed by atoms with E-state index in [1.165, 1.54) is 12.0 Å². The van der Waals surface area contributed by atoms with Crippen molar-refractivity contribution in [2.24, 2.45) is 0 Å². The van der Waals surface area contributed by atoms with Gasteiger partial charge in [0, 0.05) is 11.3 Å². The number of ether oxygens (including phenoxy) is 2. The number of hydrogen-bond acceptors (Lipinski definition) is 5. The Morgan fingerprint density at radius 1 is 0.774 bits per heavy atom. The number of amides is 2. The second-order valence-corrected chi connectivity index (χ2v) is 7.04. The molecular weight excluding hydrogens is 392 g/mol. The van der Waals surface area contributed by atoms with Gasteiger partial charge >= 0.3 is 0 Å². The molecule has 0 atom stereocenters. The second-order valence-electron chi connectivity index (χ2n) is 7.04. The summed E-state index contributed by atoms with van der Waals surface area (Å²) < 4.78 is 10.7. The third-order valence-corrected chi connectivity index (χ3v) is 5.18. The fourth-order valence-corrected chi connectivity index (χ4v) is 3.60. The fraction of sp³-hybridized carbons (Fsp3) is 0.120. The monoisotopic (exact) mass is 414 g/mol. The highest BCUT2D eigenvalue weighted by atomic mass is 16.5. The summed E-state index contributed by atoms with van der Waals surface area (Å²) in [7, 11) is 3.13. The number of hydrogen-bond donors (Lipinski definition) is 1. The van der Waals surface area contributed by atoms with Crippen LogP contribution in [0.3, 0.4) is 0 Å². The van der Waals surface area contributed by atoms with E-state index in [1.54, 1.807) is 55.6 Å². The van der Waals surface area contributed by atoms with Crippen LogP contribution in [-0.4, -0.2) is 26.0 Å². The van der Waals surface area contributed by atoms with Gasteiger partial charge in [-0.15, -0.1) is 0 Å². The molecule has 0 radical (unpaired) electrons. The van der Waals surface area contributed by atoms with Gasteiger partial charge in [-0.05, 0) is 48.9 Å². The van der Waals surface area contributed by atoms with Gasteiger partial charge in [-0.2, -0.15) is 0 Å². The van der Waals surface area contributed by atoms with Crippen LogP contribution in [0, 0.1) is 6.92 Å². The normalized spacial score (nSPS) is 13.6. The molecule has 0 bridgehead atoms. The molecule has 156 valence electrons. The molecule has 2 amide bonds. The Hall–Kier alpha value is -4.06. The summed E-state index contributed by atoms with van der Waals surface area (Å²) in [5.74, 6) is 0.384. The van der Waals surface area contributed by atoms with Gasteiger partial charge in [0.15, 0.2) is 0 Å². The van der Waals surface area contributed by atoms with Gasteiger partial charge < -0.3 is 14.8 Å². The molecule has 6 heteroatoms. The number of rotatable bonds is 6. The molecule has 1 aliphatic rings. The zero-order valence-electron chi connectivity index (χ0n) is 17.5. The first-order valence-electron chi connectivity index (χ1n) is 9.78. The van der Waals surface area contributed by atoms with E-state index in [-0.39, 0.29) is 11.3 Å². The highest BCUT2D eigenvalue weighted by Gasteiger charge is 2.41. The van der Waals surface area contributed by atoms with Crippen molar-refractivity contribution < 1.29 is 19.1 Å². The van der Waals surface area contributed by atoms with Gasteiger partial charge in [0.1, 0.15) is 17.2 Å². The summed E-state index contributed by atoms with van der Waals surface area (Å²) in [6.07, 6.45) is 0. The molecule has 0 aromatic heterocycles. The highest BCUT2D eigenvalue weighted by molar-refractivity contribution is 6.46. The second kappa shape index (κ2) is 8.36. The van der Waals surface area contributed by atoms with Crippen LogP contribution >= 0.6 is 0 Å². The molecule has 4 rings (SSSR count). The van der Waals surface area contributed by atoms with Crippen molar-refractivity contribution in [3.8, 4) is 11.5 Å². The molecular formula is C25H22N2O4. The van der Waals surface area contributed by atoms with Gasteiger partial charge in [0.05, 0.1) is 25.5 Å². The van der Waals surface area contributed by atoms with Gasteiger partial charge in [0.2, 0.25) is 0 Å². The number of para-hydroxylation sites is 2. The fourth-order valence-electron chi connectivity index (χ4n) is 3.60. The number of aryl methyl sites for hydroxylation is 1. The van der Waals surface area contributed by atoms with Crippen LogP contribution in [0.25, 0.3) is 5.57 Å².